The number of hydrogen-bond donors (Lipinski definition) is 8. The molecule has 9 N–H and O–H groups in total. The molecule has 0 radical (unpaired) electrons. The predicted molar refractivity (Wildman–Crippen MR) is 177 cm³/mol. The molecule has 0 aliphatic rings. The second-order valence-electron chi connectivity index (χ2n) is 12.2. The van der Waals surface area contributed by atoms with Crippen LogP contribution < -0.4 is 21.7 Å². The van der Waals surface area contributed by atoms with E-state index in [4.69, 9.17) is 5.73 Å². The number of aromatic amines is 3. The van der Waals surface area contributed by atoms with Gasteiger partial charge in [0.05, 0.1) is 12.4 Å². The monoisotopic (exact) mass is 640 g/mol. The Morgan fingerprint density at radius 3 is 1.79 bits per heavy atom. The molecule has 4 unspecified atom stereocenters. The van der Waals surface area contributed by atoms with Crippen molar-refractivity contribution in [2.45, 2.75) is 63.7 Å². The number of aliphatic carboxylic acids is 1. The highest BCUT2D eigenvalue weighted by atomic mass is 16.4. The summed E-state index contributed by atoms with van der Waals surface area (Å²) < 4.78 is 0. The van der Waals surface area contributed by atoms with E-state index < -0.39 is 47.9 Å². The minimum atomic E-state index is -1.28. The topological polar surface area (TPSA) is 211 Å². The zero-order valence-electron chi connectivity index (χ0n) is 26.2. The number of imidazole rings is 1. The van der Waals surface area contributed by atoms with Gasteiger partial charge in [-0.2, -0.15) is 0 Å². The molecule has 47 heavy (non-hydrogen) atoms. The van der Waals surface area contributed by atoms with Gasteiger partial charge < -0.3 is 41.7 Å². The van der Waals surface area contributed by atoms with Crippen molar-refractivity contribution < 1.29 is 24.3 Å². The Morgan fingerprint density at radius 2 is 1.26 bits per heavy atom. The maximum absolute atomic E-state index is 13.9. The molecule has 0 aliphatic carbocycles. The molecule has 246 valence electrons. The highest BCUT2D eigenvalue weighted by molar-refractivity contribution is 5.95. The third kappa shape index (κ3) is 8.24. The molecule has 4 atom stereocenters. The number of para-hydroxylation sites is 2. The van der Waals surface area contributed by atoms with E-state index in [0.29, 0.717) is 12.1 Å². The van der Waals surface area contributed by atoms with Gasteiger partial charge in [0.25, 0.3) is 0 Å². The van der Waals surface area contributed by atoms with Crippen molar-refractivity contribution in [2.75, 3.05) is 0 Å². The van der Waals surface area contributed by atoms with E-state index >= 15 is 0 Å². The molecule has 0 saturated carbocycles. The van der Waals surface area contributed by atoms with Gasteiger partial charge in [-0.1, -0.05) is 50.2 Å². The lowest BCUT2D eigenvalue weighted by atomic mass is 10.0. The Hall–Kier alpha value is -5.43. The Kier molecular flexibility index (Phi) is 10.4. The average molecular weight is 641 g/mol. The number of carbonyl (C=O) groups excluding carboxylic acids is 3. The van der Waals surface area contributed by atoms with Crippen molar-refractivity contribution in [1.82, 2.24) is 35.9 Å². The number of aromatic nitrogens is 4. The molecular formula is C34H40N8O5. The van der Waals surface area contributed by atoms with E-state index in [1.54, 1.807) is 12.4 Å². The Bertz CT molecular complexity index is 1840. The summed E-state index contributed by atoms with van der Waals surface area (Å²) in [4.78, 5) is 66.4. The average Bonchev–Trinajstić information content (AvgIpc) is 3.80. The number of nitrogens with zero attached hydrogens (tertiary/aromatic N) is 1. The quantitative estimate of drug-likeness (QED) is 0.0855. The zero-order chi connectivity index (χ0) is 33.5. The SMILES string of the molecule is CC(C)CC(N)C(=O)NC(Cc1c[nH]c2ccccc12)C(=O)NC(Cc1cnc[nH]1)C(=O)NC(Cc1c[nH]c2ccccc12)C(=O)O. The molecule has 0 saturated heterocycles. The first-order chi connectivity index (χ1) is 22.6. The van der Waals surface area contributed by atoms with E-state index in [2.05, 4.69) is 35.9 Å². The molecular weight excluding hydrogens is 600 g/mol. The maximum atomic E-state index is 13.9. The summed E-state index contributed by atoms with van der Waals surface area (Å²) in [6.45, 7) is 3.90. The van der Waals surface area contributed by atoms with Gasteiger partial charge in [-0.15, -0.1) is 0 Å². The number of fused-ring (bicyclic) bond motifs is 2. The van der Waals surface area contributed by atoms with Crippen molar-refractivity contribution >= 4 is 45.5 Å². The molecule has 5 rings (SSSR count). The van der Waals surface area contributed by atoms with Gasteiger partial charge in [-0.05, 0) is 35.6 Å². The summed E-state index contributed by atoms with van der Waals surface area (Å²) in [5.41, 5.74) is 9.94. The number of carbonyl (C=O) groups is 4. The van der Waals surface area contributed by atoms with Crippen molar-refractivity contribution in [3.63, 3.8) is 0 Å². The summed E-state index contributed by atoms with van der Waals surface area (Å²) in [5.74, 6) is -2.88. The standard InChI is InChI=1S/C34H40N8O5/c1-19(2)11-25(35)31(43)40-28(12-20-15-37-26-9-5-3-7-23(20)26)32(44)41-29(14-22-17-36-18-39-22)33(45)42-30(34(46)47)13-21-16-38-27-10-6-4-8-24(21)27/h3-10,15-19,25,28-30,37-38H,11-14,35H2,1-2H3,(H,36,39)(H,40,43)(H,41,44)(H,42,45)(H,46,47). The minimum absolute atomic E-state index is 0.00237. The summed E-state index contributed by atoms with van der Waals surface area (Å²) in [6, 6.07) is 10.7. The molecule has 13 nitrogen and oxygen atoms in total. The lowest BCUT2D eigenvalue weighted by molar-refractivity contribution is -0.142. The Labute approximate surface area is 271 Å². The molecule has 0 bridgehead atoms. The normalized spacial score (nSPS) is 14.0. The van der Waals surface area contributed by atoms with Gasteiger partial charge in [0.2, 0.25) is 17.7 Å². The second kappa shape index (κ2) is 14.8. The van der Waals surface area contributed by atoms with Crippen LogP contribution in [0, 0.1) is 5.92 Å². The van der Waals surface area contributed by atoms with Crippen LogP contribution in [0.1, 0.15) is 37.1 Å². The predicted octanol–water partition coefficient (Wildman–Crippen LogP) is 2.31. The number of nitrogens with one attached hydrogen (secondary N) is 6. The van der Waals surface area contributed by atoms with Crippen LogP contribution in [-0.4, -0.2) is 72.9 Å². The number of amides is 3. The largest absolute Gasteiger partial charge is 0.480 e. The van der Waals surface area contributed by atoms with Crippen LogP contribution in [0.2, 0.25) is 0 Å². The number of carboxylic acids is 1. The number of H-pyrrole nitrogens is 3. The van der Waals surface area contributed by atoms with Crippen LogP contribution in [0.3, 0.4) is 0 Å². The van der Waals surface area contributed by atoms with Gasteiger partial charge in [-0.3, -0.25) is 14.4 Å². The van der Waals surface area contributed by atoms with Crippen LogP contribution in [0.25, 0.3) is 21.8 Å². The van der Waals surface area contributed by atoms with Crippen molar-refractivity contribution in [2.24, 2.45) is 11.7 Å². The lowest BCUT2D eigenvalue weighted by Gasteiger charge is -2.25. The molecule has 3 heterocycles. The maximum Gasteiger partial charge on any atom is 0.326 e. The fourth-order valence-corrected chi connectivity index (χ4v) is 5.71. The third-order valence-electron chi connectivity index (χ3n) is 8.12. The number of rotatable bonds is 15. The second-order valence-corrected chi connectivity index (χ2v) is 12.2. The van der Waals surface area contributed by atoms with Crippen molar-refractivity contribution in [1.29, 1.82) is 0 Å². The van der Waals surface area contributed by atoms with Gasteiger partial charge in [-0.25, -0.2) is 9.78 Å². The van der Waals surface area contributed by atoms with Crippen LogP contribution in [0.4, 0.5) is 0 Å². The number of nitrogens with two attached hydrogens (primary N) is 1. The lowest BCUT2D eigenvalue weighted by Crippen LogP contribution is -2.58. The van der Waals surface area contributed by atoms with E-state index in [1.807, 2.05) is 62.4 Å². The molecule has 3 amide bonds. The van der Waals surface area contributed by atoms with Crippen LogP contribution in [0.5, 0.6) is 0 Å². The van der Waals surface area contributed by atoms with E-state index in [0.717, 1.165) is 32.9 Å². The van der Waals surface area contributed by atoms with Crippen LogP contribution in [-0.2, 0) is 38.4 Å². The van der Waals surface area contributed by atoms with Gasteiger partial charge in [0.1, 0.15) is 18.1 Å². The van der Waals surface area contributed by atoms with Gasteiger partial charge in [0, 0.05) is 65.4 Å². The number of benzene rings is 2. The summed E-state index contributed by atoms with van der Waals surface area (Å²) in [7, 11) is 0. The molecule has 0 spiro atoms. The highest BCUT2D eigenvalue weighted by Crippen LogP contribution is 2.21. The van der Waals surface area contributed by atoms with E-state index in [-0.39, 0.29) is 25.2 Å². The summed E-state index contributed by atoms with van der Waals surface area (Å²) in [6.07, 6.45) is 7.02. The third-order valence-corrected chi connectivity index (χ3v) is 8.12. The molecule has 0 fully saturated rings. The smallest absolute Gasteiger partial charge is 0.326 e. The number of carboxylic acid groups (broad SMARTS) is 1. The summed E-state index contributed by atoms with van der Waals surface area (Å²) in [5, 5.41) is 20.0. The van der Waals surface area contributed by atoms with Gasteiger partial charge in [0.15, 0.2) is 0 Å². The zero-order valence-corrected chi connectivity index (χ0v) is 26.2. The molecule has 3 aromatic heterocycles. The van der Waals surface area contributed by atoms with Crippen molar-refractivity contribution in [3.05, 3.63) is 90.3 Å². The van der Waals surface area contributed by atoms with Crippen molar-refractivity contribution in [3.8, 4) is 0 Å². The Morgan fingerprint density at radius 1 is 0.745 bits per heavy atom. The van der Waals surface area contributed by atoms with E-state index in [1.165, 1.54) is 12.5 Å². The molecule has 0 aliphatic heterocycles. The first kappa shape index (κ1) is 32.9. The Balaban J connectivity index is 1.38. The molecule has 2 aromatic carbocycles. The first-order valence-corrected chi connectivity index (χ1v) is 15.6. The fraction of sp³-hybridized carbons (Fsp3) is 0.324. The first-order valence-electron chi connectivity index (χ1n) is 15.6. The van der Waals surface area contributed by atoms with Gasteiger partial charge >= 0.3 is 5.97 Å². The van der Waals surface area contributed by atoms with Crippen LogP contribution in [0.15, 0.2) is 73.4 Å². The summed E-state index contributed by atoms with van der Waals surface area (Å²) >= 11 is 0. The van der Waals surface area contributed by atoms with E-state index in [9.17, 15) is 24.3 Å². The molecule has 13 heteroatoms. The minimum Gasteiger partial charge on any atom is -0.480 e. The molecule has 5 aromatic rings. The number of hydrogen-bond acceptors (Lipinski definition) is 6. The van der Waals surface area contributed by atoms with Crippen LogP contribution >= 0.6 is 0 Å². The fourth-order valence-electron chi connectivity index (χ4n) is 5.71. The highest BCUT2D eigenvalue weighted by Gasteiger charge is 2.32.